The zero-order chi connectivity index (χ0) is 22.7. The van der Waals surface area contributed by atoms with Crippen molar-refractivity contribution in [2.75, 3.05) is 0 Å². The van der Waals surface area contributed by atoms with E-state index in [9.17, 15) is 19.6 Å². The number of hydrogen-bond donors (Lipinski definition) is 1. The molecule has 0 aliphatic carbocycles. The summed E-state index contributed by atoms with van der Waals surface area (Å²) in [6.07, 6.45) is 0.548. The Morgan fingerprint density at radius 1 is 1.06 bits per heavy atom. The normalized spacial score (nSPS) is 10.7. The lowest BCUT2D eigenvalue weighted by Gasteiger charge is -2.17. The number of aromatic hydroxyl groups is 1. The van der Waals surface area contributed by atoms with Gasteiger partial charge in [0.2, 0.25) is 0 Å². The van der Waals surface area contributed by atoms with Gasteiger partial charge in [0.25, 0.3) is 5.56 Å². The number of phenolic OH excluding ortho intramolecular Hbond substituents is 1. The van der Waals surface area contributed by atoms with Crippen LogP contribution in [0.3, 0.4) is 0 Å². The first kappa shape index (κ1) is 21.0. The van der Waals surface area contributed by atoms with Crippen molar-refractivity contribution < 1.29 is 9.50 Å². The second-order valence-corrected chi connectivity index (χ2v) is 7.42. The molecule has 32 heavy (non-hydrogen) atoms. The topological polar surface area (TPSA) is 78.9 Å². The third-order valence-corrected chi connectivity index (χ3v) is 5.33. The Morgan fingerprint density at radius 3 is 2.56 bits per heavy atom. The highest BCUT2D eigenvalue weighted by atomic mass is 19.1. The lowest BCUT2D eigenvalue weighted by atomic mass is 10.0. The highest BCUT2D eigenvalue weighted by Gasteiger charge is 2.20. The van der Waals surface area contributed by atoms with Crippen molar-refractivity contribution >= 4 is 0 Å². The number of phenols is 1. The first-order valence-electron chi connectivity index (χ1n) is 10.1. The number of hydrogen-bond acceptors (Lipinski definition) is 4. The van der Waals surface area contributed by atoms with E-state index < -0.39 is 11.6 Å². The number of para-hydroxylation sites is 1. The van der Waals surface area contributed by atoms with Crippen LogP contribution in [0.15, 0.2) is 77.6 Å². The molecule has 1 heterocycles. The zero-order valence-corrected chi connectivity index (χ0v) is 17.4. The highest BCUT2D eigenvalue weighted by molar-refractivity contribution is 5.70. The molecular formula is C26H20FN3O2. The summed E-state index contributed by atoms with van der Waals surface area (Å²) in [4.78, 5) is 18.3. The average Bonchev–Trinajstić information content (AvgIpc) is 2.81. The number of nitrogens with zero attached hydrogens (tertiary/aromatic N) is 3. The maximum absolute atomic E-state index is 14.1. The summed E-state index contributed by atoms with van der Waals surface area (Å²) in [7, 11) is 0. The summed E-state index contributed by atoms with van der Waals surface area (Å²) >= 11 is 0. The monoisotopic (exact) mass is 425 g/mol. The van der Waals surface area contributed by atoms with Crippen molar-refractivity contribution in [3.63, 3.8) is 0 Å². The molecule has 6 heteroatoms. The van der Waals surface area contributed by atoms with E-state index in [4.69, 9.17) is 0 Å². The lowest BCUT2D eigenvalue weighted by molar-refractivity contribution is 0.433. The van der Waals surface area contributed by atoms with Crippen LogP contribution in [-0.2, 0) is 13.0 Å². The number of halogens is 1. The molecule has 5 nitrogen and oxygen atoms in total. The van der Waals surface area contributed by atoms with Gasteiger partial charge < -0.3 is 5.11 Å². The number of aryl methyl sites for hydroxylation is 2. The third kappa shape index (κ3) is 4.01. The fourth-order valence-electron chi connectivity index (χ4n) is 3.73. The summed E-state index contributed by atoms with van der Waals surface area (Å²) in [5.74, 6) is -1.14. The molecule has 0 bridgehead atoms. The minimum absolute atomic E-state index is 0.149. The molecule has 0 aliphatic heterocycles. The quantitative estimate of drug-likeness (QED) is 0.496. The summed E-state index contributed by atoms with van der Waals surface area (Å²) in [6, 6.07) is 22.7. The van der Waals surface area contributed by atoms with Crippen molar-refractivity contribution in [1.29, 1.82) is 5.26 Å². The predicted molar refractivity (Wildman–Crippen MR) is 121 cm³/mol. The number of benzene rings is 3. The summed E-state index contributed by atoms with van der Waals surface area (Å²) in [5.41, 5.74) is 2.68. The summed E-state index contributed by atoms with van der Waals surface area (Å²) in [6.45, 7) is 1.98. The van der Waals surface area contributed by atoms with Crippen LogP contribution >= 0.6 is 0 Å². The number of aromatic nitrogens is 2. The van der Waals surface area contributed by atoms with Gasteiger partial charge in [-0.25, -0.2) is 9.37 Å². The fraction of sp³-hybridized carbons (Fsp3) is 0.115. The summed E-state index contributed by atoms with van der Waals surface area (Å²) < 4.78 is 15.5. The molecular weight excluding hydrogens is 405 g/mol. The zero-order valence-electron chi connectivity index (χ0n) is 17.4. The average molecular weight is 425 g/mol. The van der Waals surface area contributed by atoms with Crippen LogP contribution in [-0.4, -0.2) is 14.7 Å². The van der Waals surface area contributed by atoms with Gasteiger partial charge in [0, 0.05) is 6.54 Å². The van der Waals surface area contributed by atoms with Gasteiger partial charge in [-0.1, -0.05) is 48.5 Å². The van der Waals surface area contributed by atoms with E-state index in [1.54, 1.807) is 31.2 Å². The van der Waals surface area contributed by atoms with Gasteiger partial charge in [-0.15, -0.1) is 0 Å². The standard InChI is InChI=1S/C26H20FN3O2/c1-17-23(20-10-5-9-19(15-20)16-28)26(32)30(14-13-18-7-3-2-4-8-18)25(29-17)21-11-6-12-22(27)24(21)31/h2-12,15,31H,13-14H2,1H3. The van der Waals surface area contributed by atoms with Gasteiger partial charge in [0.05, 0.1) is 28.5 Å². The minimum atomic E-state index is -0.783. The van der Waals surface area contributed by atoms with Gasteiger partial charge in [0.1, 0.15) is 5.82 Å². The van der Waals surface area contributed by atoms with Crippen LogP contribution in [0.4, 0.5) is 4.39 Å². The highest BCUT2D eigenvalue weighted by Crippen LogP contribution is 2.31. The van der Waals surface area contributed by atoms with Gasteiger partial charge in [-0.05, 0) is 48.7 Å². The van der Waals surface area contributed by atoms with E-state index in [-0.39, 0.29) is 23.5 Å². The Hall–Kier alpha value is -4.24. The van der Waals surface area contributed by atoms with Crippen LogP contribution in [0.5, 0.6) is 5.75 Å². The van der Waals surface area contributed by atoms with Crippen molar-refractivity contribution in [1.82, 2.24) is 9.55 Å². The maximum atomic E-state index is 14.1. The van der Waals surface area contributed by atoms with Crippen molar-refractivity contribution in [3.8, 4) is 34.3 Å². The molecule has 0 atom stereocenters. The molecule has 4 aromatic rings. The first-order valence-corrected chi connectivity index (χ1v) is 10.1. The molecule has 3 aromatic carbocycles. The van der Waals surface area contributed by atoms with E-state index in [0.717, 1.165) is 11.6 Å². The summed E-state index contributed by atoms with van der Waals surface area (Å²) in [5, 5.41) is 19.6. The molecule has 0 saturated heterocycles. The Balaban J connectivity index is 1.92. The third-order valence-electron chi connectivity index (χ3n) is 5.33. The molecule has 0 fully saturated rings. The number of nitriles is 1. The van der Waals surface area contributed by atoms with E-state index in [0.29, 0.717) is 28.8 Å². The van der Waals surface area contributed by atoms with E-state index in [1.807, 2.05) is 30.3 Å². The predicted octanol–water partition coefficient (Wildman–Crippen LogP) is 4.84. The van der Waals surface area contributed by atoms with Gasteiger partial charge in [-0.2, -0.15) is 5.26 Å². The molecule has 0 unspecified atom stereocenters. The molecule has 0 radical (unpaired) electrons. The van der Waals surface area contributed by atoms with Gasteiger partial charge in [0.15, 0.2) is 11.6 Å². The Morgan fingerprint density at radius 2 is 1.81 bits per heavy atom. The second kappa shape index (κ2) is 8.86. The SMILES string of the molecule is Cc1nc(-c2cccc(F)c2O)n(CCc2ccccc2)c(=O)c1-c1cccc(C#N)c1. The van der Waals surface area contributed by atoms with Crippen molar-refractivity contribution in [3.05, 3.63) is 106 Å². The fourth-order valence-corrected chi connectivity index (χ4v) is 3.73. The van der Waals surface area contributed by atoms with E-state index >= 15 is 0 Å². The molecule has 0 spiro atoms. The van der Waals surface area contributed by atoms with Crippen LogP contribution in [0.2, 0.25) is 0 Å². The van der Waals surface area contributed by atoms with Crippen LogP contribution < -0.4 is 5.56 Å². The Labute approximate surface area is 184 Å². The smallest absolute Gasteiger partial charge is 0.261 e. The van der Waals surface area contributed by atoms with Gasteiger partial charge >= 0.3 is 0 Å². The second-order valence-electron chi connectivity index (χ2n) is 7.42. The van der Waals surface area contributed by atoms with Crippen LogP contribution in [0.1, 0.15) is 16.8 Å². The largest absolute Gasteiger partial charge is 0.504 e. The van der Waals surface area contributed by atoms with E-state index in [1.165, 1.54) is 16.7 Å². The molecule has 1 N–H and O–H groups in total. The van der Waals surface area contributed by atoms with E-state index in [2.05, 4.69) is 11.1 Å². The molecule has 4 rings (SSSR count). The lowest BCUT2D eigenvalue weighted by Crippen LogP contribution is -2.27. The van der Waals surface area contributed by atoms with Crippen molar-refractivity contribution in [2.24, 2.45) is 0 Å². The minimum Gasteiger partial charge on any atom is -0.504 e. The Kier molecular flexibility index (Phi) is 5.82. The molecule has 1 aromatic heterocycles. The van der Waals surface area contributed by atoms with Gasteiger partial charge in [-0.3, -0.25) is 9.36 Å². The van der Waals surface area contributed by atoms with Crippen molar-refractivity contribution in [2.45, 2.75) is 19.9 Å². The molecule has 0 saturated carbocycles. The molecule has 158 valence electrons. The number of rotatable bonds is 5. The molecule has 0 aliphatic rings. The van der Waals surface area contributed by atoms with Crippen LogP contribution in [0, 0.1) is 24.1 Å². The maximum Gasteiger partial charge on any atom is 0.261 e. The van der Waals surface area contributed by atoms with Crippen LogP contribution in [0.25, 0.3) is 22.5 Å². The molecule has 0 amide bonds. The Bertz CT molecular complexity index is 1390. The first-order chi connectivity index (χ1) is 15.5.